The number of carbonyl (C=O) groups is 3. The largest absolute Gasteiger partial charge is 0.425 e. The second-order valence-corrected chi connectivity index (χ2v) is 9.65. The normalized spacial score (nSPS) is 34.2. The van der Waals surface area contributed by atoms with Crippen molar-refractivity contribution >= 4 is 17.8 Å². The highest BCUT2D eigenvalue weighted by molar-refractivity contribution is 6.08. The maximum Gasteiger partial charge on any atom is 0.331 e. The van der Waals surface area contributed by atoms with Gasteiger partial charge in [0.25, 0.3) is 0 Å². The van der Waals surface area contributed by atoms with Crippen molar-refractivity contribution in [3.05, 3.63) is 42.0 Å². The van der Waals surface area contributed by atoms with Crippen molar-refractivity contribution in [1.82, 2.24) is 4.90 Å². The first kappa shape index (κ1) is 18.6. The van der Waals surface area contributed by atoms with Gasteiger partial charge in [-0.25, -0.2) is 4.79 Å². The van der Waals surface area contributed by atoms with E-state index in [1.807, 2.05) is 12.1 Å². The summed E-state index contributed by atoms with van der Waals surface area (Å²) in [6.07, 6.45) is 6.40. The molecule has 29 heavy (non-hydrogen) atoms. The molecule has 2 amide bonds. The van der Waals surface area contributed by atoms with Gasteiger partial charge in [0.15, 0.2) is 0 Å². The number of imide groups is 1. The molecule has 0 spiro atoms. The van der Waals surface area contributed by atoms with Crippen LogP contribution in [0.1, 0.15) is 39.2 Å². The van der Waals surface area contributed by atoms with E-state index in [2.05, 4.69) is 32.9 Å². The average molecular weight is 393 g/mol. The van der Waals surface area contributed by atoms with Gasteiger partial charge in [-0.1, -0.05) is 45.1 Å². The van der Waals surface area contributed by atoms with Gasteiger partial charge in [-0.3, -0.25) is 14.5 Å². The quantitative estimate of drug-likeness (QED) is 0.333. The Morgan fingerprint density at radius 1 is 1.03 bits per heavy atom. The molecular weight excluding hydrogens is 366 g/mol. The monoisotopic (exact) mass is 393 g/mol. The number of hydrogen-bond donors (Lipinski definition) is 0. The minimum absolute atomic E-state index is 0.0569. The topological polar surface area (TPSA) is 63.7 Å². The van der Waals surface area contributed by atoms with Crippen molar-refractivity contribution in [3.8, 4) is 5.75 Å². The van der Waals surface area contributed by atoms with E-state index in [1.54, 1.807) is 12.1 Å². The van der Waals surface area contributed by atoms with Crippen molar-refractivity contribution in [2.75, 3.05) is 6.54 Å². The third kappa shape index (κ3) is 2.77. The van der Waals surface area contributed by atoms with Crippen LogP contribution in [0.3, 0.4) is 0 Å². The lowest BCUT2D eigenvalue weighted by Crippen LogP contribution is -2.40. The van der Waals surface area contributed by atoms with Crippen molar-refractivity contribution < 1.29 is 19.1 Å². The smallest absolute Gasteiger partial charge is 0.331 e. The fourth-order valence-electron chi connectivity index (χ4n) is 5.65. The van der Waals surface area contributed by atoms with E-state index in [-0.39, 0.29) is 47.4 Å². The number of hydrogen-bond acceptors (Lipinski definition) is 4. The number of allylic oxidation sites excluding steroid dienone is 2. The van der Waals surface area contributed by atoms with Crippen molar-refractivity contribution in [1.29, 1.82) is 0 Å². The lowest BCUT2D eigenvalue weighted by Gasteiger charge is -2.37. The summed E-state index contributed by atoms with van der Waals surface area (Å²) in [5, 5.41) is 0. The zero-order valence-electron chi connectivity index (χ0n) is 17.1. The summed E-state index contributed by atoms with van der Waals surface area (Å²) < 4.78 is 5.43. The molecule has 5 heteroatoms. The van der Waals surface area contributed by atoms with E-state index in [0.717, 1.165) is 17.7 Å². The third-order valence-corrected chi connectivity index (χ3v) is 7.79. The highest BCUT2D eigenvalue weighted by atomic mass is 16.5. The minimum atomic E-state index is -0.571. The Labute approximate surface area is 171 Å². The van der Waals surface area contributed by atoms with E-state index in [0.29, 0.717) is 17.6 Å². The average Bonchev–Trinajstić information content (AvgIpc) is 3.49. The molecule has 5 aliphatic rings. The van der Waals surface area contributed by atoms with Crippen LogP contribution in [-0.2, 0) is 19.8 Å². The first-order valence-electron chi connectivity index (χ1n) is 10.7. The van der Waals surface area contributed by atoms with Gasteiger partial charge in [-0.05, 0) is 59.6 Å². The van der Waals surface area contributed by atoms with Crippen molar-refractivity contribution in [2.24, 2.45) is 35.5 Å². The summed E-state index contributed by atoms with van der Waals surface area (Å²) in [7, 11) is 0. The lowest BCUT2D eigenvalue weighted by molar-refractivity contribution is -0.148. The first-order chi connectivity index (χ1) is 13.8. The highest BCUT2D eigenvalue weighted by Crippen LogP contribution is 2.65. The molecule has 0 N–H and O–H groups in total. The van der Waals surface area contributed by atoms with Crippen LogP contribution in [0, 0.1) is 35.5 Å². The van der Waals surface area contributed by atoms with E-state index in [1.165, 1.54) is 5.56 Å². The van der Waals surface area contributed by atoms with Gasteiger partial charge in [0, 0.05) is 0 Å². The number of ether oxygens (including phenoxy) is 1. The van der Waals surface area contributed by atoms with Crippen LogP contribution < -0.4 is 4.74 Å². The molecule has 152 valence electrons. The van der Waals surface area contributed by atoms with Gasteiger partial charge >= 0.3 is 5.97 Å². The van der Waals surface area contributed by atoms with Gasteiger partial charge in [-0.2, -0.15) is 0 Å². The number of likely N-dealkylation sites (tertiary alicyclic amines) is 1. The summed E-state index contributed by atoms with van der Waals surface area (Å²) in [6.45, 7) is 6.18. The molecule has 6 atom stereocenters. The van der Waals surface area contributed by atoms with Crippen molar-refractivity contribution in [2.45, 2.75) is 39.0 Å². The van der Waals surface area contributed by atoms with Gasteiger partial charge < -0.3 is 4.74 Å². The number of benzene rings is 1. The molecule has 1 heterocycles. The minimum Gasteiger partial charge on any atom is -0.425 e. The van der Waals surface area contributed by atoms with Crippen LogP contribution in [0.5, 0.6) is 5.75 Å². The number of amides is 2. The zero-order chi connectivity index (χ0) is 20.5. The first-order valence-corrected chi connectivity index (χ1v) is 10.7. The SMILES string of the molecule is CCC(C)(C)c1ccc(OC(=O)CN2C(=O)[C@@H]3[C@@H]4C=C[C@H]([C@@H]5C[C@H]45)[C@@H]3C2=O)cc1. The molecular formula is C24H27NO4. The van der Waals surface area contributed by atoms with Crippen LogP contribution >= 0.6 is 0 Å². The predicted molar refractivity (Wildman–Crippen MR) is 107 cm³/mol. The lowest BCUT2D eigenvalue weighted by atomic mass is 9.63. The fourth-order valence-corrected chi connectivity index (χ4v) is 5.65. The Hall–Kier alpha value is -2.43. The summed E-state index contributed by atoms with van der Waals surface area (Å²) in [5.74, 6) is 0.381. The number of rotatable bonds is 5. The number of nitrogens with zero attached hydrogens (tertiary/aromatic N) is 1. The van der Waals surface area contributed by atoms with Gasteiger partial charge in [0.05, 0.1) is 11.8 Å². The molecule has 1 aromatic rings. The standard InChI is InChI=1S/C24H27NO4/c1-4-24(2,3)13-5-7-14(8-6-13)29-19(26)12-25-22(27)20-15-9-10-16(18-11-17(15)18)21(20)23(25)28/h5-10,15-18,20-21H,4,11-12H2,1-3H3/t15-,16-,17-,18+,20-,21+/m1/s1. The summed E-state index contributed by atoms with van der Waals surface area (Å²) in [6, 6.07) is 7.47. The molecule has 0 unspecified atom stereocenters. The van der Waals surface area contributed by atoms with Crippen LogP contribution in [0.15, 0.2) is 36.4 Å². The molecule has 5 nitrogen and oxygen atoms in total. The molecule has 2 saturated carbocycles. The zero-order valence-corrected chi connectivity index (χ0v) is 17.1. The van der Waals surface area contributed by atoms with Crippen molar-refractivity contribution in [3.63, 3.8) is 0 Å². The van der Waals surface area contributed by atoms with Crippen LogP contribution in [0.25, 0.3) is 0 Å². The number of carbonyl (C=O) groups excluding carboxylic acids is 3. The van der Waals surface area contributed by atoms with Crippen LogP contribution in [-0.4, -0.2) is 29.2 Å². The van der Waals surface area contributed by atoms with E-state index >= 15 is 0 Å². The second kappa shape index (κ2) is 6.28. The molecule has 0 radical (unpaired) electrons. The van der Waals surface area contributed by atoms with E-state index in [4.69, 9.17) is 4.74 Å². The predicted octanol–water partition coefficient (Wildman–Crippen LogP) is 3.33. The van der Waals surface area contributed by atoms with Gasteiger partial charge in [0.1, 0.15) is 12.3 Å². The summed E-state index contributed by atoms with van der Waals surface area (Å²) >= 11 is 0. The molecule has 4 aliphatic carbocycles. The molecule has 3 fully saturated rings. The Kier molecular flexibility index (Phi) is 4.03. The Bertz CT molecular complexity index is 879. The Morgan fingerprint density at radius 2 is 1.59 bits per heavy atom. The molecule has 1 saturated heterocycles. The molecule has 1 aliphatic heterocycles. The Balaban J connectivity index is 1.26. The summed E-state index contributed by atoms with van der Waals surface area (Å²) in [4.78, 5) is 39.5. The molecule has 2 bridgehead atoms. The van der Waals surface area contributed by atoms with Crippen LogP contribution in [0.2, 0.25) is 0 Å². The molecule has 0 aromatic heterocycles. The second-order valence-electron chi connectivity index (χ2n) is 9.65. The van der Waals surface area contributed by atoms with Crippen LogP contribution in [0.4, 0.5) is 0 Å². The summed E-state index contributed by atoms with van der Waals surface area (Å²) in [5.41, 5.74) is 1.23. The number of esters is 1. The maximum absolute atomic E-state index is 12.9. The third-order valence-electron chi connectivity index (χ3n) is 7.79. The van der Waals surface area contributed by atoms with E-state index < -0.39 is 5.97 Å². The van der Waals surface area contributed by atoms with E-state index in [9.17, 15) is 14.4 Å². The molecule has 6 rings (SSSR count). The fraction of sp³-hybridized carbons (Fsp3) is 0.542. The van der Waals surface area contributed by atoms with Gasteiger partial charge in [-0.15, -0.1) is 0 Å². The highest BCUT2D eigenvalue weighted by Gasteiger charge is 2.67. The maximum atomic E-state index is 12.9. The van der Waals surface area contributed by atoms with Gasteiger partial charge in [0.2, 0.25) is 11.8 Å². The Morgan fingerprint density at radius 3 is 2.10 bits per heavy atom. The molecule has 1 aromatic carbocycles.